The smallest absolute Gasteiger partial charge is 0.244 e. The Hall–Kier alpha value is -1.78. The molecule has 2 aliphatic heterocycles. The van der Waals surface area contributed by atoms with Crippen molar-refractivity contribution in [2.45, 2.75) is 23.8 Å². The van der Waals surface area contributed by atoms with Crippen molar-refractivity contribution in [3.8, 4) is 11.5 Å². The Balaban J connectivity index is 1.84. The van der Waals surface area contributed by atoms with E-state index in [1.54, 1.807) is 6.07 Å². The van der Waals surface area contributed by atoms with E-state index in [4.69, 9.17) is 9.47 Å². The number of amidine groups is 1. The summed E-state index contributed by atoms with van der Waals surface area (Å²) in [6, 6.07) is 3.68. The maximum atomic E-state index is 13.1. The maximum absolute atomic E-state index is 13.1. The zero-order valence-corrected chi connectivity index (χ0v) is 16.2. The van der Waals surface area contributed by atoms with Gasteiger partial charge in [-0.15, -0.1) is 0 Å². The second-order valence-electron chi connectivity index (χ2n) is 5.82. The van der Waals surface area contributed by atoms with Gasteiger partial charge in [-0.3, -0.25) is 9.79 Å². The Morgan fingerprint density at radius 1 is 1.31 bits per heavy atom. The molecule has 1 unspecified atom stereocenters. The molecule has 1 amide bonds. The number of sulfonamides is 1. The largest absolute Gasteiger partial charge is 0.493 e. The van der Waals surface area contributed by atoms with E-state index in [1.165, 1.54) is 42.4 Å². The van der Waals surface area contributed by atoms with Gasteiger partial charge in [-0.25, -0.2) is 8.42 Å². The lowest BCUT2D eigenvalue weighted by Crippen LogP contribution is -2.46. The summed E-state index contributed by atoms with van der Waals surface area (Å²) in [4.78, 5) is 16.8. The highest BCUT2D eigenvalue weighted by Gasteiger charge is 2.40. The predicted molar refractivity (Wildman–Crippen MR) is 99.4 cm³/mol. The number of benzene rings is 1. The van der Waals surface area contributed by atoms with Crippen molar-refractivity contribution in [3.05, 3.63) is 18.2 Å². The fourth-order valence-electron chi connectivity index (χ4n) is 3.00. The molecule has 10 heteroatoms. The highest BCUT2D eigenvalue weighted by atomic mass is 32.2. The number of aliphatic imine (C=N–C) groups is 1. The lowest BCUT2D eigenvalue weighted by atomic mass is 10.2. The van der Waals surface area contributed by atoms with Crippen LogP contribution in [-0.2, 0) is 14.8 Å². The first-order valence-corrected chi connectivity index (χ1v) is 10.6. The number of hydrogen-bond donors (Lipinski definition) is 1. The number of amides is 1. The SMILES string of the molecule is COc1ccc(S(=O)(=O)N2CCCC2C(=O)NC2=NCCS2)cc1OC. The molecule has 8 nitrogen and oxygen atoms in total. The highest BCUT2D eigenvalue weighted by molar-refractivity contribution is 8.14. The average Bonchev–Trinajstić information content (AvgIpc) is 3.32. The monoisotopic (exact) mass is 399 g/mol. The molecular formula is C16H21N3O5S2. The number of hydrogen-bond acceptors (Lipinski definition) is 7. The summed E-state index contributed by atoms with van der Waals surface area (Å²) >= 11 is 1.46. The van der Waals surface area contributed by atoms with Crippen LogP contribution >= 0.6 is 11.8 Å². The van der Waals surface area contributed by atoms with Crippen molar-refractivity contribution >= 4 is 32.9 Å². The van der Waals surface area contributed by atoms with E-state index in [-0.39, 0.29) is 10.8 Å². The van der Waals surface area contributed by atoms with Gasteiger partial charge in [-0.1, -0.05) is 11.8 Å². The standard InChI is InChI=1S/C16H21N3O5S2/c1-23-13-6-5-11(10-14(13)24-2)26(21,22)19-8-3-4-12(19)15(20)18-16-17-7-9-25-16/h5-6,10,12H,3-4,7-9H2,1-2H3,(H,17,18,20). The number of methoxy groups -OCH3 is 2. The first-order valence-electron chi connectivity index (χ1n) is 8.19. The van der Waals surface area contributed by atoms with Gasteiger partial charge in [0.2, 0.25) is 15.9 Å². The molecule has 1 saturated heterocycles. The number of ether oxygens (including phenoxy) is 2. The Morgan fingerprint density at radius 3 is 2.73 bits per heavy atom. The minimum atomic E-state index is -3.83. The van der Waals surface area contributed by atoms with E-state index in [0.717, 1.165) is 5.75 Å². The molecule has 1 aromatic carbocycles. The highest BCUT2D eigenvalue weighted by Crippen LogP contribution is 2.33. The van der Waals surface area contributed by atoms with Gasteiger partial charge in [0, 0.05) is 18.4 Å². The van der Waals surface area contributed by atoms with Gasteiger partial charge in [0.15, 0.2) is 16.7 Å². The van der Waals surface area contributed by atoms with Crippen LogP contribution in [-0.4, -0.2) is 62.9 Å². The second-order valence-corrected chi connectivity index (χ2v) is 8.79. The second kappa shape index (κ2) is 7.85. The lowest BCUT2D eigenvalue weighted by Gasteiger charge is -2.23. The fourth-order valence-corrected chi connectivity index (χ4v) is 5.41. The molecule has 1 aromatic rings. The summed E-state index contributed by atoms with van der Waals surface area (Å²) in [5.74, 6) is 1.26. The minimum Gasteiger partial charge on any atom is -0.493 e. The molecule has 142 valence electrons. The first kappa shape index (κ1) is 19.0. The Kier molecular flexibility index (Phi) is 5.73. The molecule has 2 aliphatic rings. The summed E-state index contributed by atoms with van der Waals surface area (Å²) in [6.45, 7) is 0.965. The van der Waals surface area contributed by atoms with Crippen molar-refractivity contribution in [1.29, 1.82) is 0 Å². The van der Waals surface area contributed by atoms with Crippen molar-refractivity contribution in [3.63, 3.8) is 0 Å². The molecule has 1 N–H and O–H groups in total. The molecule has 0 aromatic heterocycles. The molecule has 0 spiro atoms. The average molecular weight is 399 g/mol. The van der Waals surface area contributed by atoms with Crippen LogP contribution in [0.2, 0.25) is 0 Å². The van der Waals surface area contributed by atoms with Gasteiger partial charge < -0.3 is 14.8 Å². The van der Waals surface area contributed by atoms with Gasteiger partial charge in [-0.05, 0) is 25.0 Å². The van der Waals surface area contributed by atoms with Crippen LogP contribution < -0.4 is 14.8 Å². The van der Waals surface area contributed by atoms with Crippen LogP contribution in [0, 0.1) is 0 Å². The maximum Gasteiger partial charge on any atom is 0.244 e. The Morgan fingerprint density at radius 2 is 2.08 bits per heavy atom. The van der Waals surface area contributed by atoms with E-state index in [2.05, 4.69) is 10.3 Å². The molecule has 3 rings (SSSR count). The van der Waals surface area contributed by atoms with E-state index < -0.39 is 16.1 Å². The molecular weight excluding hydrogens is 378 g/mol. The molecule has 0 bridgehead atoms. The molecule has 1 fully saturated rings. The van der Waals surface area contributed by atoms with E-state index >= 15 is 0 Å². The zero-order valence-electron chi connectivity index (χ0n) is 14.6. The van der Waals surface area contributed by atoms with Crippen LogP contribution in [0.5, 0.6) is 11.5 Å². The van der Waals surface area contributed by atoms with E-state index in [0.29, 0.717) is 42.6 Å². The van der Waals surface area contributed by atoms with Gasteiger partial charge >= 0.3 is 0 Å². The summed E-state index contributed by atoms with van der Waals surface area (Å²) in [7, 11) is -0.906. The zero-order chi connectivity index (χ0) is 18.7. The summed E-state index contributed by atoms with van der Waals surface area (Å²) < 4.78 is 37.7. The topological polar surface area (TPSA) is 97.3 Å². The minimum absolute atomic E-state index is 0.0717. The predicted octanol–water partition coefficient (Wildman–Crippen LogP) is 1.08. The number of carbonyl (C=O) groups excluding carboxylic acids is 1. The summed E-state index contributed by atoms with van der Waals surface area (Å²) in [5, 5.41) is 3.30. The third-order valence-corrected chi connectivity index (χ3v) is 7.08. The van der Waals surface area contributed by atoms with Gasteiger partial charge in [0.25, 0.3) is 0 Å². The van der Waals surface area contributed by atoms with Gasteiger partial charge in [-0.2, -0.15) is 4.31 Å². The van der Waals surface area contributed by atoms with Crippen molar-refractivity contribution < 1.29 is 22.7 Å². The number of nitrogens with zero attached hydrogens (tertiary/aromatic N) is 2. The molecule has 0 radical (unpaired) electrons. The summed E-state index contributed by atoms with van der Waals surface area (Å²) in [6.07, 6.45) is 1.11. The number of rotatable bonds is 5. The number of thioether (sulfide) groups is 1. The fraction of sp³-hybridized carbons (Fsp3) is 0.500. The van der Waals surface area contributed by atoms with Gasteiger partial charge in [0.05, 0.1) is 25.7 Å². The van der Waals surface area contributed by atoms with Crippen LogP contribution in [0.4, 0.5) is 0 Å². The van der Waals surface area contributed by atoms with Crippen LogP contribution in [0.15, 0.2) is 28.1 Å². The van der Waals surface area contributed by atoms with Crippen LogP contribution in [0.25, 0.3) is 0 Å². The van der Waals surface area contributed by atoms with Crippen molar-refractivity contribution in [2.75, 3.05) is 33.1 Å². The molecule has 2 heterocycles. The Labute approximate surface area is 157 Å². The molecule has 1 atom stereocenters. The molecule has 26 heavy (non-hydrogen) atoms. The van der Waals surface area contributed by atoms with E-state index in [1.807, 2.05) is 0 Å². The Bertz CT molecular complexity index is 825. The third-order valence-electron chi connectivity index (χ3n) is 4.28. The number of nitrogens with one attached hydrogen (secondary N) is 1. The van der Waals surface area contributed by atoms with E-state index in [9.17, 15) is 13.2 Å². The lowest BCUT2D eigenvalue weighted by molar-refractivity contribution is -0.122. The quantitative estimate of drug-likeness (QED) is 0.796. The number of carbonyl (C=O) groups is 1. The normalized spacial score (nSPS) is 20.7. The molecule has 0 aliphatic carbocycles. The van der Waals surface area contributed by atoms with Crippen molar-refractivity contribution in [1.82, 2.24) is 9.62 Å². The van der Waals surface area contributed by atoms with Crippen molar-refractivity contribution in [2.24, 2.45) is 4.99 Å². The van der Waals surface area contributed by atoms with Crippen LogP contribution in [0.3, 0.4) is 0 Å². The summed E-state index contributed by atoms with van der Waals surface area (Å²) in [5.41, 5.74) is 0. The first-order chi connectivity index (χ1) is 12.5. The van der Waals surface area contributed by atoms with Crippen LogP contribution in [0.1, 0.15) is 12.8 Å². The van der Waals surface area contributed by atoms with Gasteiger partial charge in [0.1, 0.15) is 6.04 Å². The third kappa shape index (κ3) is 3.67. The molecule has 0 saturated carbocycles.